The van der Waals surface area contributed by atoms with Crippen LogP contribution in [0.5, 0.6) is 0 Å². The molecule has 1 atom stereocenters. The van der Waals surface area contributed by atoms with Crippen molar-refractivity contribution in [3.8, 4) is 0 Å². The summed E-state index contributed by atoms with van der Waals surface area (Å²) in [7, 11) is 0. The van der Waals surface area contributed by atoms with Crippen LogP contribution in [-0.4, -0.2) is 22.0 Å². The fraction of sp³-hybridized carbons (Fsp3) is 0.222. The Balaban J connectivity index is 2.13. The van der Waals surface area contributed by atoms with E-state index in [9.17, 15) is 4.79 Å². The van der Waals surface area contributed by atoms with Gasteiger partial charge in [-0.3, -0.25) is 9.78 Å². The van der Waals surface area contributed by atoms with Crippen LogP contribution in [-0.2, 0) is 9.63 Å². The molecule has 1 aromatic rings. The van der Waals surface area contributed by atoms with Crippen molar-refractivity contribution in [2.75, 3.05) is 0 Å². The van der Waals surface area contributed by atoms with Gasteiger partial charge in [0.05, 0.1) is 5.69 Å². The molecule has 0 bridgehead atoms. The maximum atomic E-state index is 10.8. The zero-order valence-corrected chi connectivity index (χ0v) is 7.94. The lowest BCUT2D eigenvalue weighted by Crippen LogP contribution is -2.15. The van der Waals surface area contributed by atoms with Gasteiger partial charge in [0.25, 0.3) is 5.24 Å². The van der Waals surface area contributed by atoms with E-state index in [-0.39, 0.29) is 0 Å². The first-order valence-electron chi connectivity index (χ1n) is 4.11. The number of rotatable bonds is 2. The number of oxime groups is 1. The van der Waals surface area contributed by atoms with Crippen LogP contribution in [0.4, 0.5) is 0 Å². The number of aromatic nitrogens is 1. The van der Waals surface area contributed by atoms with Crippen LogP contribution in [0.15, 0.2) is 29.6 Å². The number of nitrogens with zero attached hydrogens (tertiary/aromatic N) is 2. The summed E-state index contributed by atoms with van der Waals surface area (Å²) in [4.78, 5) is 19.7. The SMILES string of the molecule is O=C(Cl)[C@@H]1CC(c2ccccn2)=NO1. The summed E-state index contributed by atoms with van der Waals surface area (Å²) >= 11 is 5.28. The van der Waals surface area contributed by atoms with Crippen LogP contribution in [0.25, 0.3) is 0 Å². The van der Waals surface area contributed by atoms with Crippen molar-refractivity contribution in [3.63, 3.8) is 0 Å². The Kier molecular flexibility index (Phi) is 2.45. The molecule has 0 unspecified atom stereocenters. The second-order valence-electron chi connectivity index (χ2n) is 2.86. The number of halogens is 1. The first-order chi connectivity index (χ1) is 6.77. The third-order valence-corrected chi connectivity index (χ3v) is 2.13. The Hall–Kier alpha value is -1.42. The van der Waals surface area contributed by atoms with E-state index in [2.05, 4.69) is 10.1 Å². The van der Waals surface area contributed by atoms with Gasteiger partial charge in [-0.25, -0.2) is 0 Å². The molecule has 2 rings (SSSR count). The molecule has 0 spiro atoms. The predicted octanol–water partition coefficient (Wildman–Crippen LogP) is 1.34. The van der Waals surface area contributed by atoms with Gasteiger partial charge in [-0.15, -0.1) is 0 Å². The minimum absolute atomic E-state index is 0.388. The van der Waals surface area contributed by atoms with Crippen LogP contribution in [0, 0.1) is 0 Å². The quantitative estimate of drug-likeness (QED) is 0.693. The summed E-state index contributed by atoms with van der Waals surface area (Å²) in [6.45, 7) is 0. The van der Waals surface area contributed by atoms with Gasteiger partial charge in [-0.2, -0.15) is 0 Å². The summed E-state index contributed by atoms with van der Waals surface area (Å²) in [5.41, 5.74) is 1.37. The van der Waals surface area contributed by atoms with Crippen molar-refractivity contribution in [3.05, 3.63) is 30.1 Å². The van der Waals surface area contributed by atoms with Crippen molar-refractivity contribution >= 4 is 22.6 Å². The third-order valence-electron chi connectivity index (χ3n) is 1.88. The van der Waals surface area contributed by atoms with Gasteiger partial charge in [0, 0.05) is 12.6 Å². The minimum atomic E-state index is -0.659. The van der Waals surface area contributed by atoms with E-state index in [4.69, 9.17) is 16.4 Å². The van der Waals surface area contributed by atoms with Crippen molar-refractivity contribution in [2.45, 2.75) is 12.5 Å². The average Bonchev–Trinajstić information content (AvgIpc) is 2.68. The van der Waals surface area contributed by atoms with E-state index in [1.165, 1.54) is 0 Å². The van der Waals surface area contributed by atoms with Crippen molar-refractivity contribution < 1.29 is 9.63 Å². The Morgan fingerprint density at radius 3 is 3.00 bits per heavy atom. The molecule has 4 nitrogen and oxygen atoms in total. The molecular weight excluding hydrogens is 204 g/mol. The Bertz CT molecular complexity index is 378. The number of carbonyl (C=O) groups is 1. The fourth-order valence-electron chi connectivity index (χ4n) is 1.18. The van der Waals surface area contributed by atoms with Crippen molar-refractivity contribution in [2.24, 2.45) is 5.16 Å². The highest BCUT2D eigenvalue weighted by Gasteiger charge is 2.27. The summed E-state index contributed by atoms with van der Waals surface area (Å²) < 4.78 is 0. The molecule has 1 aromatic heterocycles. The fourth-order valence-corrected chi connectivity index (χ4v) is 1.30. The normalized spacial score (nSPS) is 20.1. The van der Waals surface area contributed by atoms with Gasteiger partial charge in [0.15, 0.2) is 0 Å². The van der Waals surface area contributed by atoms with E-state index in [0.717, 1.165) is 0 Å². The van der Waals surface area contributed by atoms with Crippen LogP contribution >= 0.6 is 11.6 Å². The molecule has 14 heavy (non-hydrogen) atoms. The van der Waals surface area contributed by atoms with Crippen LogP contribution in [0.3, 0.4) is 0 Å². The lowest BCUT2D eigenvalue weighted by atomic mass is 10.1. The van der Waals surface area contributed by atoms with Gasteiger partial charge in [-0.1, -0.05) is 11.2 Å². The van der Waals surface area contributed by atoms with E-state index < -0.39 is 11.3 Å². The largest absolute Gasteiger partial charge is 0.382 e. The Morgan fingerprint density at radius 2 is 2.43 bits per heavy atom. The van der Waals surface area contributed by atoms with Gasteiger partial charge in [0.2, 0.25) is 6.10 Å². The second kappa shape index (κ2) is 3.75. The van der Waals surface area contributed by atoms with E-state index >= 15 is 0 Å². The average molecular weight is 211 g/mol. The van der Waals surface area contributed by atoms with Crippen LogP contribution in [0.1, 0.15) is 12.1 Å². The summed E-state index contributed by atoms with van der Waals surface area (Å²) in [5.74, 6) is 0. The highest BCUT2D eigenvalue weighted by atomic mass is 35.5. The van der Waals surface area contributed by atoms with E-state index in [1.807, 2.05) is 18.2 Å². The second-order valence-corrected chi connectivity index (χ2v) is 3.23. The molecule has 0 radical (unpaired) electrons. The minimum Gasteiger partial charge on any atom is -0.382 e. The standard InChI is InChI=1S/C9H7ClN2O2/c10-9(13)8-5-7(12-14-8)6-3-1-2-4-11-6/h1-4,8H,5H2/t8-/m0/s1. The zero-order chi connectivity index (χ0) is 9.97. The summed E-state index contributed by atoms with van der Waals surface area (Å²) in [5, 5.41) is 3.23. The number of hydrogen-bond donors (Lipinski definition) is 0. The predicted molar refractivity (Wildman–Crippen MR) is 51.1 cm³/mol. The molecule has 0 N–H and O–H groups in total. The zero-order valence-electron chi connectivity index (χ0n) is 7.18. The Labute approximate surface area is 85.5 Å². The molecular formula is C9H7ClN2O2. The van der Waals surface area contributed by atoms with Crippen LogP contribution in [0.2, 0.25) is 0 Å². The molecule has 0 saturated carbocycles. The molecule has 0 aromatic carbocycles. The smallest absolute Gasteiger partial charge is 0.265 e. The van der Waals surface area contributed by atoms with E-state index in [1.54, 1.807) is 6.20 Å². The maximum Gasteiger partial charge on any atom is 0.265 e. The Morgan fingerprint density at radius 1 is 1.57 bits per heavy atom. The summed E-state index contributed by atoms with van der Waals surface area (Å²) in [6.07, 6.45) is 1.39. The first-order valence-corrected chi connectivity index (χ1v) is 4.48. The van der Waals surface area contributed by atoms with Gasteiger partial charge in [0.1, 0.15) is 5.71 Å². The van der Waals surface area contributed by atoms with Gasteiger partial charge < -0.3 is 4.84 Å². The van der Waals surface area contributed by atoms with Gasteiger partial charge >= 0.3 is 0 Å². The van der Waals surface area contributed by atoms with Gasteiger partial charge in [-0.05, 0) is 23.7 Å². The van der Waals surface area contributed by atoms with E-state index in [0.29, 0.717) is 17.8 Å². The molecule has 0 saturated heterocycles. The highest BCUT2D eigenvalue weighted by Crippen LogP contribution is 2.16. The lowest BCUT2D eigenvalue weighted by Gasteiger charge is -1.99. The first kappa shape index (κ1) is 9.15. The van der Waals surface area contributed by atoms with Crippen LogP contribution < -0.4 is 0 Å². The lowest BCUT2D eigenvalue weighted by molar-refractivity contribution is -0.120. The molecule has 0 fully saturated rings. The summed E-state index contributed by atoms with van der Waals surface area (Å²) in [6, 6.07) is 5.47. The third kappa shape index (κ3) is 1.75. The molecule has 2 heterocycles. The molecule has 0 amide bonds. The topological polar surface area (TPSA) is 51.5 Å². The molecule has 1 aliphatic rings. The van der Waals surface area contributed by atoms with Crippen molar-refractivity contribution in [1.82, 2.24) is 4.98 Å². The number of hydrogen-bond acceptors (Lipinski definition) is 4. The molecule has 72 valence electrons. The van der Waals surface area contributed by atoms with Crippen molar-refractivity contribution in [1.29, 1.82) is 0 Å². The highest BCUT2D eigenvalue weighted by molar-refractivity contribution is 6.64. The monoisotopic (exact) mass is 210 g/mol. The number of pyridine rings is 1. The molecule has 5 heteroatoms. The number of carbonyl (C=O) groups excluding carboxylic acids is 1. The molecule has 0 aliphatic carbocycles. The molecule has 1 aliphatic heterocycles. The maximum absolute atomic E-state index is 10.8.